The highest BCUT2D eigenvalue weighted by Gasteiger charge is 2.41. The Balaban J connectivity index is 1.45. The van der Waals surface area contributed by atoms with Crippen molar-refractivity contribution in [2.45, 2.75) is 26.7 Å². The van der Waals surface area contributed by atoms with Crippen LogP contribution in [0.25, 0.3) is 0 Å². The van der Waals surface area contributed by atoms with Crippen LogP contribution in [-0.4, -0.2) is 50.1 Å². The van der Waals surface area contributed by atoms with Crippen molar-refractivity contribution in [2.24, 2.45) is 23.7 Å². The predicted octanol–water partition coefficient (Wildman–Crippen LogP) is -0.383. The van der Waals surface area contributed by atoms with Crippen molar-refractivity contribution in [2.75, 3.05) is 26.3 Å². The zero-order chi connectivity index (χ0) is 17.7. The van der Waals surface area contributed by atoms with Crippen LogP contribution < -0.4 is 10.6 Å². The second kappa shape index (κ2) is 8.12. The molecule has 2 amide bonds. The monoisotopic (exact) mass is 340 g/mol. The zero-order valence-electron chi connectivity index (χ0n) is 14.0. The van der Waals surface area contributed by atoms with Gasteiger partial charge in [0.05, 0.1) is 11.8 Å². The van der Waals surface area contributed by atoms with Gasteiger partial charge in [0.15, 0.2) is 13.2 Å². The number of amides is 2. The molecule has 0 aromatic heterocycles. The van der Waals surface area contributed by atoms with Crippen molar-refractivity contribution in [1.29, 1.82) is 0 Å². The van der Waals surface area contributed by atoms with Crippen LogP contribution in [0.15, 0.2) is 0 Å². The molecular formula is C16H24N2O6. The first-order chi connectivity index (χ1) is 11.4. The Labute approximate surface area is 140 Å². The fraction of sp³-hybridized carbons (Fsp3) is 0.750. The predicted molar refractivity (Wildman–Crippen MR) is 82.5 cm³/mol. The lowest BCUT2D eigenvalue weighted by Crippen LogP contribution is -2.38. The van der Waals surface area contributed by atoms with Crippen molar-refractivity contribution in [3.8, 4) is 0 Å². The molecule has 2 saturated carbocycles. The average Bonchev–Trinajstić information content (AvgIpc) is 3.45. The smallest absolute Gasteiger partial charge is 0.309 e. The van der Waals surface area contributed by atoms with Crippen LogP contribution >= 0.6 is 0 Å². The fourth-order valence-corrected chi connectivity index (χ4v) is 2.29. The van der Waals surface area contributed by atoms with Crippen molar-refractivity contribution in [3.63, 3.8) is 0 Å². The number of rotatable bonds is 9. The quantitative estimate of drug-likeness (QED) is 0.437. The maximum absolute atomic E-state index is 11.5. The summed E-state index contributed by atoms with van der Waals surface area (Å²) in [6.07, 6.45) is 1.63. The molecule has 2 fully saturated rings. The molecule has 0 spiro atoms. The molecule has 0 aromatic carbocycles. The minimum Gasteiger partial charge on any atom is -0.455 e. The lowest BCUT2D eigenvalue weighted by atomic mass is 10.3. The second-order valence-corrected chi connectivity index (χ2v) is 6.55. The molecule has 0 heterocycles. The molecule has 0 aromatic rings. The highest BCUT2D eigenvalue weighted by molar-refractivity contribution is 5.83. The van der Waals surface area contributed by atoms with Gasteiger partial charge < -0.3 is 20.1 Å². The highest BCUT2D eigenvalue weighted by Crippen LogP contribution is 2.39. The molecule has 8 heteroatoms. The first-order valence-corrected chi connectivity index (χ1v) is 8.25. The Hall–Kier alpha value is -2.12. The molecule has 0 aliphatic heterocycles. The Morgan fingerprint density at radius 2 is 1.12 bits per heavy atom. The van der Waals surface area contributed by atoms with E-state index >= 15 is 0 Å². The van der Waals surface area contributed by atoms with Gasteiger partial charge >= 0.3 is 11.9 Å². The van der Waals surface area contributed by atoms with Crippen molar-refractivity contribution in [1.82, 2.24) is 10.6 Å². The van der Waals surface area contributed by atoms with E-state index in [1.807, 2.05) is 13.8 Å². The van der Waals surface area contributed by atoms with Gasteiger partial charge in [-0.2, -0.15) is 0 Å². The minimum absolute atomic E-state index is 0.0709. The maximum Gasteiger partial charge on any atom is 0.309 e. The van der Waals surface area contributed by atoms with E-state index in [9.17, 15) is 19.2 Å². The van der Waals surface area contributed by atoms with Crippen molar-refractivity contribution < 1.29 is 28.7 Å². The summed E-state index contributed by atoms with van der Waals surface area (Å²) in [6.45, 7) is 3.69. The summed E-state index contributed by atoms with van der Waals surface area (Å²) >= 11 is 0. The number of hydrogen-bond acceptors (Lipinski definition) is 6. The van der Waals surface area contributed by atoms with Crippen molar-refractivity contribution in [3.05, 3.63) is 0 Å². The van der Waals surface area contributed by atoms with Crippen LogP contribution in [0.2, 0.25) is 0 Å². The SMILES string of the molecule is CC1CC1C(=O)OCC(=O)NCCNC(=O)COC(=O)C1CC1C. The second-order valence-electron chi connectivity index (χ2n) is 6.55. The van der Waals surface area contributed by atoms with Gasteiger partial charge in [-0.05, 0) is 24.7 Å². The van der Waals surface area contributed by atoms with E-state index in [0.717, 1.165) is 12.8 Å². The summed E-state index contributed by atoms with van der Waals surface area (Å²) in [6, 6.07) is 0. The third-order valence-corrected chi connectivity index (χ3v) is 4.28. The summed E-state index contributed by atoms with van der Waals surface area (Å²) in [4.78, 5) is 45.8. The average molecular weight is 340 g/mol. The first kappa shape index (κ1) is 18.2. The molecule has 134 valence electrons. The van der Waals surface area contributed by atoms with Gasteiger partial charge in [0.25, 0.3) is 11.8 Å². The zero-order valence-corrected chi connectivity index (χ0v) is 14.0. The van der Waals surface area contributed by atoms with Gasteiger partial charge in [0.2, 0.25) is 0 Å². The molecule has 8 nitrogen and oxygen atoms in total. The molecular weight excluding hydrogens is 316 g/mol. The molecule has 4 atom stereocenters. The van der Waals surface area contributed by atoms with Crippen LogP contribution in [-0.2, 0) is 28.7 Å². The topological polar surface area (TPSA) is 111 Å². The first-order valence-electron chi connectivity index (χ1n) is 8.25. The fourth-order valence-electron chi connectivity index (χ4n) is 2.29. The Bertz CT molecular complexity index is 475. The Morgan fingerprint density at radius 1 is 0.792 bits per heavy atom. The van der Waals surface area contributed by atoms with E-state index < -0.39 is 11.8 Å². The molecule has 4 unspecified atom stereocenters. The van der Waals surface area contributed by atoms with Crippen LogP contribution in [0, 0.1) is 23.7 Å². The van der Waals surface area contributed by atoms with E-state index in [2.05, 4.69) is 10.6 Å². The summed E-state index contributed by atoms with van der Waals surface area (Å²) in [5, 5.41) is 5.05. The van der Waals surface area contributed by atoms with E-state index in [4.69, 9.17) is 9.47 Å². The molecule has 0 saturated heterocycles. The van der Waals surface area contributed by atoms with Gasteiger partial charge in [-0.15, -0.1) is 0 Å². The molecule has 2 rings (SSSR count). The highest BCUT2D eigenvalue weighted by atomic mass is 16.5. The van der Waals surface area contributed by atoms with E-state index in [1.54, 1.807) is 0 Å². The molecule has 2 aliphatic rings. The minimum atomic E-state index is -0.417. The van der Waals surface area contributed by atoms with Gasteiger partial charge in [0, 0.05) is 13.1 Å². The van der Waals surface area contributed by atoms with Crippen LogP contribution in [0.1, 0.15) is 26.7 Å². The van der Waals surface area contributed by atoms with Gasteiger partial charge in [-0.3, -0.25) is 19.2 Å². The normalized spacial score (nSPS) is 26.9. The summed E-state index contributed by atoms with van der Waals surface area (Å²) in [7, 11) is 0. The summed E-state index contributed by atoms with van der Waals surface area (Å²) < 4.78 is 9.76. The van der Waals surface area contributed by atoms with E-state index in [1.165, 1.54) is 0 Å². The van der Waals surface area contributed by atoms with Gasteiger partial charge in [0.1, 0.15) is 0 Å². The van der Waals surface area contributed by atoms with Crippen LogP contribution in [0.4, 0.5) is 0 Å². The third kappa shape index (κ3) is 5.82. The Morgan fingerprint density at radius 3 is 1.42 bits per heavy atom. The van der Waals surface area contributed by atoms with E-state index in [-0.39, 0.29) is 50.1 Å². The third-order valence-electron chi connectivity index (χ3n) is 4.28. The lowest BCUT2D eigenvalue weighted by Gasteiger charge is -2.08. The molecule has 0 bridgehead atoms. The number of nitrogens with one attached hydrogen (secondary N) is 2. The van der Waals surface area contributed by atoms with Crippen molar-refractivity contribution >= 4 is 23.8 Å². The lowest BCUT2D eigenvalue weighted by molar-refractivity contribution is -0.150. The number of esters is 2. The molecule has 2 aliphatic carbocycles. The maximum atomic E-state index is 11.5. The standard InChI is InChI=1S/C16H24N2O6/c1-9-5-11(9)15(21)23-7-13(19)17-3-4-18-14(20)8-24-16(22)12-6-10(12)2/h9-12H,3-8H2,1-2H3,(H,17,19)(H,18,20). The van der Waals surface area contributed by atoms with Gasteiger partial charge in [-0.25, -0.2) is 0 Å². The largest absolute Gasteiger partial charge is 0.455 e. The van der Waals surface area contributed by atoms with Crippen LogP contribution in [0.5, 0.6) is 0 Å². The summed E-state index contributed by atoms with van der Waals surface area (Å²) in [5.74, 6) is -0.964. The van der Waals surface area contributed by atoms with E-state index in [0.29, 0.717) is 11.8 Å². The number of ether oxygens (including phenoxy) is 2. The number of hydrogen-bond donors (Lipinski definition) is 2. The molecule has 0 radical (unpaired) electrons. The Kier molecular flexibility index (Phi) is 6.16. The molecule has 2 N–H and O–H groups in total. The summed E-state index contributed by atoms with van der Waals surface area (Å²) in [5.41, 5.74) is 0. The number of carbonyl (C=O) groups is 4. The number of carbonyl (C=O) groups excluding carboxylic acids is 4. The molecule has 24 heavy (non-hydrogen) atoms. The van der Waals surface area contributed by atoms with Crippen LogP contribution in [0.3, 0.4) is 0 Å². The van der Waals surface area contributed by atoms with Gasteiger partial charge in [-0.1, -0.05) is 13.8 Å².